The summed E-state index contributed by atoms with van der Waals surface area (Å²) in [6.45, 7) is 11.3. The zero-order valence-electron chi connectivity index (χ0n) is 20.2. The number of aliphatic hydroxyl groups excluding tert-OH is 2. The summed E-state index contributed by atoms with van der Waals surface area (Å²) in [7, 11) is 1.45. The van der Waals surface area contributed by atoms with Crippen LogP contribution in [0.2, 0.25) is 0 Å². The van der Waals surface area contributed by atoms with Crippen molar-refractivity contribution in [1.82, 2.24) is 9.80 Å². The van der Waals surface area contributed by atoms with Crippen molar-refractivity contribution in [3.05, 3.63) is 0 Å². The molecule has 2 N–H and O–H groups in total. The van der Waals surface area contributed by atoms with E-state index in [0.717, 1.165) is 19.3 Å². The van der Waals surface area contributed by atoms with Crippen molar-refractivity contribution in [3.63, 3.8) is 0 Å². The number of amides is 2. The third-order valence-electron chi connectivity index (χ3n) is 5.67. The van der Waals surface area contributed by atoms with E-state index < -0.39 is 18.3 Å². The van der Waals surface area contributed by atoms with Gasteiger partial charge < -0.3 is 29.5 Å². The van der Waals surface area contributed by atoms with Gasteiger partial charge in [0, 0.05) is 52.7 Å². The molecule has 0 spiro atoms. The lowest BCUT2D eigenvalue weighted by atomic mass is 9.99. The van der Waals surface area contributed by atoms with Crippen LogP contribution in [0.15, 0.2) is 0 Å². The Morgan fingerprint density at radius 2 is 1.77 bits per heavy atom. The lowest BCUT2D eigenvalue weighted by molar-refractivity contribution is -0.142. The van der Waals surface area contributed by atoms with Crippen molar-refractivity contribution in [3.8, 4) is 0 Å². The Kier molecular flexibility index (Phi) is 12.6. The summed E-state index contributed by atoms with van der Waals surface area (Å²) in [6, 6.07) is -0.126. The molecule has 1 fully saturated rings. The average Bonchev–Trinajstić information content (AvgIpc) is 2.67. The highest BCUT2D eigenvalue weighted by Crippen LogP contribution is 2.19. The standard InChI is InChI=1S/C23H44N2O6/c1-16(2)11-19-13-24(18(5)26)14-21(30-6)23(29)20(27)15-31-10-8-7-9-25(19)22(28)12-17(3)4/h16-17,19-21,23,27,29H,7-15H2,1-6H3/t19?,20-,21-,23-/m1/s1. The van der Waals surface area contributed by atoms with Gasteiger partial charge in [-0.25, -0.2) is 0 Å². The number of hydrogen-bond acceptors (Lipinski definition) is 6. The molecule has 0 saturated carbocycles. The van der Waals surface area contributed by atoms with Crippen molar-refractivity contribution >= 4 is 11.8 Å². The van der Waals surface area contributed by atoms with Gasteiger partial charge in [-0.1, -0.05) is 27.7 Å². The number of rotatable bonds is 5. The first-order valence-electron chi connectivity index (χ1n) is 11.6. The van der Waals surface area contributed by atoms with Gasteiger partial charge in [-0.15, -0.1) is 0 Å². The zero-order chi connectivity index (χ0) is 23.6. The van der Waals surface area contributed by atoms with Crippen LogP contribution < -0.4 is 0 Å². The van der Waals surface area contributed by atoms with Crippen molar-refractivity contribution in [2.24, 2.45) is 11.8 Å². The number of carbonyl (C=O) groups is 2. The molecule has 8 heteroatoms. The second-order valence-electron chi connectivity index (χ2n) is 9.51. The van der Waals surface area contributed by atoms with E-state index in [-0.39, 0.29) is 36.9 Å². The van der Waals surface area contributed by atoms with Crippen LogP contribution in [0.4, 0.5) is 0 Å². The predicted octanol–water partition coefficient (Wildman–Crippen LogP) is 1.67. The highest BCUT2D eigenvalue weighted by atomic mass is 16.5. The van der Waals surface area contributed by atoms with Crippen molar-refractivity contribution in [1.29, 1.82) is 0 Å². The van der Waals surface area contributed by atoms with E-state index in [1.165, 1.54) is 14.0 Å². The molecule has 1 saturated heterocycles. The smallest absolute Gasteiger partial charge is 0.223 e. The summed E-state index contributed by atoms with van der Waals surface area (Å²) in [4.78, 5) is 29.2. The van der Waals surface area contributed by atoms with E-state index in [1.807, 2.05) is 18.7 Å². The van der Waals surface area contributed by atoms with Crippen LogP contribution in [0.1, 0.15) is 60.3 Å². The highest BCUT2D eigenvalue weighted by Gasteiger charge is 2.32. The number of carbonyl (C=O) groups excluding carboxylic acids is 2. The molecule has 1 aliphatic heterocycles. The van der Waals surface area contributed by atoms with Crippen molar-refractivity contribution in [2.75, 3.05) is 40.0 Å². The largest absolute Gasteiger partial charge is 0.388 e. The van der Waals surface area contributed by atoms with Crippen LogP contribution in [0.25, 0.3) is 0 Å². The summed E-state index contributed by atoms with van der Waals surface area (Å²) in [6.07, 6.45) is -0.284. The molecule has 0 radical (unpaired) electrons. The maximum atomic E-state index is 13.1. The van der Waals surface area contributed by atoms with Gasteiger partial charge in [-0.3, -0.25) is 9.59 Å². The molecule has 1 heterocycles. The Morgan fingerprint density at radius 1 is 1.10 bits per heavy atom. The fraction of sp³-hybridized carbons (Fsp3) is 0.913. The predicted molar refractivity (Wildman–Crippen MR) is 120 cm³/mol. The monoisotopic (exact) mass is 444 g/mol. The molecule has 0 aromatic rings. The fourth-order valence-corrected chi connectivity index (χ4v) is 3.98. The molecule has 0 aromatic heterocycles. The van der Waals surface area contributed by atoms with Crippen LogP contribution >= 0.6 is 0 Å². The van der Waals surface area contributed by atoms with Gasteiger partial charge in [0.15, 0.2) is 0 Å². The molecule has 0 bridgehead atoms. The van der Waals surface area contributed by atoms with E-state index in [2.05, 4.69) is 13.8 Å². The average molecular weight is 445 g/mol. The van der Waals surface area contributed by atoms with Gasteiger partial charge in [-0.2, -0.15) is 0 Å². The van der Waals surface area contributed by atoms with E-state index in [9.17, 15) is 19.8 Å². The highest BCUT2D eigenvalue weighted by molar-refractivity contribution is 5.77. The fourth-order valence-electron chi connectivity index (χ4n) is 3.98. The maximum Gasteiger partial charge on any atom is 0.223 e. The van der Waals surface area contributed by atoms with E-state index in [0.29, 0.717) is 32.0 Å². The lowest BCUT2D eigenvalue weighted by Crippen LogP contribution is -2.53. The summed E-state index contributed by atoms with van der Waals surface area (Å²) in [5, 5.41) is 20.8. The topological polar surface area (TPSA) is 99.5 Å². The van der Waals surface area contributed by atoms with Gasteiger partial charge in [0.25, 0.3) is 0 Å². The molecule has 182 valence electrons. The third kappa shape index (κ3) is 9.85. The first kappa shape index (κ1) is 27.8. The molecule has 8 nitrogen and oxygen atoms in total. The second-order valence-corrected chi connectivity index (χ2v) is 9.51. The molecule has 0 aromatic carbocycles. The SMILES string of the molecule is CO[C@@H]1CN(C(C)=O)CC(CC(C)C)N(C(=O)CC(C)C)CCCCOC[C@@H](O)[C@H]1O. The molecule has 4 atom stereocenters. The Bertz CT molecular complexity index is 542. The first-order valence-corrected chi connectivity index (χ1v) is 11.6. The number of nitrogens with zero attached hydrogens (tertiary/aromatic N) is 2. The number of hydrogen-bond donors (Lipinski definition) is 2. The van der Waals surface area contributed by atoms with E-state index in [4.69, 9.17) is 9.47 Å². The summed E-state index contributed by atoms with van der Waals surface area (Å²) >= 11 is 0. The quantitative estimate of drug-likeness (QED) is 0.669. The van der Waals surface area contributed by atoms with Crippen molar-refractivity contribution in [2.45, 2.75) is 84.7 Å². The van der Waals surface area contributed by atoms with Gasteiger partial charge >= 0.3 is 0 Å². The summed E-state index contributed by atoms with van der Waals surface area (Å²) in [5.74, 6) is 0.552. The lowest BCUT2D eigenvalue weighted by Gasteiger charge is -2.38. The molecule has 2 amide bonds. The summed E-state index contributed by atoms with van der Waals surface area (Å²) in [5.41, 5.74) is 0. The number of ether oxygens (including phenoxy) is 2. The molecule has 1 rings (SSSR count). The van der Waals surface area contributed by atoms with Gasteiger partial charge in [0.05, 0.1) is 6.61 Å². The normalized spacial score (nSPS) is 27.4. The van der Waals surface area contributed by atoms with Crippen molar-refractivity contribution < 1.29 is 29.3 Å². The van der Waals surface area contributed by atoms with Crippen LogP contribution in [0.3, 0.4) is 0 Å². The van der Waals surface area contributed by atoms with Crippen LogP contribution in [0, 0.1) is 11.8 Å². The maximum absolute atomic E-state index is 13.1. The van der Waals surface area contributed by atoms with E-state index >= 15 is 0 Å². The number of methoxy groups -OCH3 is 1. The minimum absolute atomic E-state index is 0.00688. The Labute approximate surface area is 187 Å². The summed E-state index contributed by atoms with van der Waals surface area (Å²) < 4.78 is 10.9. The van der Waals surface area contributed by atoms with Gasteiger partial charge in [0.1, 0.15) is 18.3 Å². The molecule has 1 aliphatic rings. The Balaban J connectivity index is 3.22. The van der Waals surface area contributed by atoms with Gasteiger partial charge in [0.2, 0.25) is 11.8 Å². The van der Waals surface area contributed by atoms with E-state index in [1.54, 1.807) is 4.90 Å². The zero-order valence-corrected chi connectivity index (χ0v) is 20.2. The van der Waals surface area contributed by atoms with Gasteiger partial charge in [-0.05, 0) is 31.1 Å². The third-order valence-corrected chi connectivity index (χ3v) is 5.67. The molecule has 31 heavy (non-hydrogen) atoms. The molecular formula is C23H44N2O6. The second kappa shape index (κ2) is 14.0. The minimum atomic E-state index is -1.18. The van der Waals surface area contributed by atoms with Crippen LogP contribution in [-0.2, 0) is 19.1 Å². The Morgan fingerprint density at radius 3 is 2.32 bits per heavy atom. The number of aliphatic hydroxyl groups is 2. The molecule has 1 unspecified atom stereocenters. The minimum Gasteiger partial charge on any atom is -0.388 e. The molecule has 0 aliphatic carbocycles. The first-order chi connectivity index (χ1) is 14.6. The van der Waals surface area contributed by atoms with Crippen LogP contribution in [0.5, 0.6) is 0 Å². The van der Waals surface area contributed by atoms with Crippen LogP contribution in [-0.4, -0.2) is 96.1 Å². The molecular weight excluding hydrogens is 400 g/mol. The Hall–Kier alpha value is -1.22.